The van der Waals surface area contributed by atoms with Crippen LogP contribution in [0.25, 0.3) is 11.4 Å². The van der Waals surface area contributed by atoms with Gasteiger partial charge in [-0.25, -0.2) is 15.0 Å². The summed E-state index contributed by atoms with van der Waals surface area (Å²) in [6.45, 7) is 2.42. The summed E-state index contributed by atoms with van der Waals surface area (Å²) < 4.78 is 13.4. The van der Waals surface area contributed by atoms with E-state index >= 15 is 0 Å². The first kappa shape index (κ1) is 16.5. The van der Waals surface area contributed by atoms with Crippen molar-refractivity contribution in [2.24, 2.45) is 0 Å². The van der Waals surface area contributed by atoms with Crippen LogP contribution < -0.4 is 0 Å². The SMILES string of the molecule is Cc1ncc(-c2nccn2[C@H]2CO[C@H]3[C@@H]2OC[C@H]3O)cn1.O=CO. The molecule has 128 valence electrons. The number of ether oxygens (including phenoxy) is 2. The Morgan fingerprint density at radius 1 is 1.21 bits per heavy atom. The Morgan fingerprint density at radius 3 is 2.58 bits per heavy atom. The third-order valence-electron chi connectivity index (χ3n) is 4.07. The van der Waals surface area contributed by atoms with Crippen molar-refractivity contribution in [1.29, 1.82) is 0 Å². The number of aliphatic hydroxyl groups excluding tert-OH is 1. The van der Waals surface area contributed by atoms with Crippen LogP contribution in [-0.4, -0.2) is 67.7 Å². The Bertz CT molecular complexity index is 689. The van der Waals surface area contributed by atoms with Crippen LogP contribution in [0, 0.1) is 6.92 Å². The highest BCUT2D eigenvalue weighted by molar-refractivity contribution is 5.52. The number of imidazole rings is 1. The largest absolute Gasteiger partial charge is 0.483 e. The van der Waals surface area contributed by atoms with E-state index in [4.69, 9.17) is 19.4 Å². The van der Waals surface area contributed by atoms with Gasteiger partial charge in [0.05, 0.1) is 24.8 Å². The summed E-state index contributed by atoms with van der Waals surface area (Å²) in [6, 6.07) is 0.00551. The highest BCUT2D eigenvalue weighted by Gasteiger charge is 2.48. The van der Waals surface area contributed by atoms with Gasteiger partial charge < -0.3 is 24.3 Å². The lowest BCUT2D eigenvalue weighted by atomic mass is 10.1. The molecule has 4 rings (SSSR count). The van der Waals surface area contributed by atoms with Crippen molar-refractivity contribution < 1.29 is 24.5 Å². The number of carbonyl (C=O) groups is 1. The van der Waals surface area contributed by atoms with Crippen molar-refractivity contribution >= 4 is 6.47 Å². The first-order valence-electron chi connectivity index (χ1n) is 7.46. The Hall–Kier alpha value is -2.36. The first-order valence-corrected chi connectivity index (χ1v) is 7.46. The molecule has 0 unspecified atom stereocenters. The highest BCUT2D eigenvalue weighted by Crippen LogP contribution is 2.36. The maximum Gasteiger partial charge on any atom is 0.290 e. The molecule has 9 heteroatoms. The number of aryl methyl sites for hydroxylation is 1. The van der Waals surface area contributed by atoms with E-state index in [0.717, 1.165) is 17.2 Å². The number of hydrogen-bond donors (Lipinski definition) is 2. The molecule has 2 aliphatic heterocycles. The van der Waals surface area contributed by atoms with Gasteiger partial charge in [0.15, 0.2) is 0 Å². The standard InChI is InChI=1S/C14H16N4O3.CH2O2/c1-8-16-4-9(5-17-8)14-15-2-3-18(14)10-6-20-13-11(19)7-21-12(10)13;2-1-3/h2-5,10-13,19H,6-7H2,1H3;1H,(H,2,3)/t10-,11+,12+,13+;/m0./s1. The van der Waals surface area contributed by atoms with Gasteiger partial charge in [0, 0.05) is 24.8 Å². The second-order valence-electron chi connectivity index (χ2n) is 5.51. The van der Waals surface area contributed by atoms with Crippen molar-refractivity contribution in [3.05, 3.63) is 30.6 Å². The summed E-state index contributed by atoms with van der Waals surface area (Å²) in [5, 5.41) is 16.7. The minimum Gasteiger partial charge on any atom is -0.483 e. The van der Waals surface area contributed by atoms with Gasteiger partial charge in [-0.15, -0.1) is 0 Å². The Balaban J connectivity index is 0.000000526. The minimum atomic E-state index is -0.547. The van der Waals surface area contributed by atoms with Crippen molar-refractivity contribution in [3.63, 3.8) is 0 Å². The van der Waals surface area contributed by atoms with Crippen LogP contribution in [0.4, 0.5) is 0 Å². The molecule has 0 radical (unpaired) electrons. The minimum absolute atomic E-state index is 0.00551. The van der Waals surface area contributed by atoms with Gasteiger partial charge in [-0.05, 0) is 6.92 Å². The van der Waals surface area contributed by atoms with Gasteiger partial charge in [0.2, 0.25) is 0 Å². The molecule has 0 spiro atoms. The number of hydrogen-bond acceptors (Lipinski definition) is 7. The summed E-state index contributed by atoms with van der Waals surface area (Å²) in [5.41, 5.74) is 0.854. The molecule has 2 aliphatic rings. The topological polar surface area (TPSA) is 120 Å². The van der Waals surface area contributed by atoms with E-state index in [1.807, 2.05) is 17.7 Å². The second kappa shape index (κ2) is 7.04. The van der Waals surface area contributed by atoms with Crippen LogP contribution in [0.15, 0.2) is 24.8 Å². The first-order chi connectivity index (χ1) is 11.7. The molecule has 9 nitrogen and oxygen atoms in total. The molecule has 24 heavy (non-hydrogen) atoms. The van der Waals surface area contributed by atoms with Crippen molar-refractivity contribution in [1.82, 2.24) is 19.5 Å². The van der Waals surface area contributed by atoms with E-state index < -0.39 is 6.10 Å². The summed E-state index contributed by atoms with van der Waals surface area (Å²) in [4.78, 5) is 21.2. The van der Waals surface area contributed by atoms with E-state index in [9.17, 15) is 5.11 Å². The fourth-order valence-electron chi connectivity index (χ4n) is 3.01. The molecule has 2 N–H and O–H groups in total. The lowest BCUT2D eigenvalue weighted by Gasteiger charge is -2.19. The maximum atomic E-state index is 9.84. The van der Waals surface area contributed by atoms with Crippen LogP contribution in [0.1, 0.15) is 11.9 Å². The summed E-state index contributed by atoms with van der Waals surface area (Å²) >= 11 is 0. The molecule has 2 fully saturated rings. The molecule has 0 saturated carbocycles. The number of rotatable bonds is 2. The summed E-state index contributed by atoms with van der Waals surface area (Å²) in [6.07, 6.45) is 6.24. The van der Waals surface area contributed by atoms with Gasteiger partial charge in [-0.2, -0.15) is 0 Å². The predicted octanol–water partition coefficient (Wildman–Crippen LogP) is 0.0489. The zero-order valence-electron chi connectivity index (χ0n) is 13.0. The Labute approximate surface area is 137 Å². The van der Waals surface area contributed by atoms with Crippen LogP contribution in [-0.2, 0) is 14.3 Å². The molecule has 4 atom stereocenters. The molecule has 2 aromatic heterocycles. The number of aliphatic hydroxyl groups is 1. The predicted molar refractivity (Wildman–Crippen MR) is 81.2 cm³/mol. The normalized spacial score (nSPS) is 28.1. The molecule has 0 bridgehead atoms. The molecule has 0 amide bonds. The fourth-order valence-corrected chi connectivity index (χ4v) is 3.01. The van der Waals surface area contributed by atoms with Crippen LogP contribution in [0.3, 0.4) is 0 Å². The monoisotopic (exact) mass is 334 g/mol. The van der Waals surface area contributed by atoms with Crippen LogP contribution in [0.5, 0.6) is 0 Å². The van der Waals surface area contributed by atoms with Crippen molar-refractivity contribution in [3.8, 4) is 11.4 Å². The van der Waals surface area contributed by atoms with Crippen molar-refractivity contribution in [2.45, 2.75) is 31.3 Å². The Morgan fingerprint density at radius 2 is 1.88 bits per heavy atom. The molecule has 0 aromatic carbocycles. The van der Waals surface area contributed by atoms with Gasteiger partial charge >= 0.3 is 0 Å². The molecule has 4 heterocycles. The zero-order chi connectivity index (χ0) is 17.1. The van der Waals surface area contributed by atoms with E-state index in [1.165, 1.54) is 0 Å². The summed E-state index contributed by atoms with van der Waals surface area (Å²) in [7, 11) is 0. The maximum absolute atomic E-state index is 9.84. The molecule has 2 aromatic rings. The third-order valence-corrected chi connectivity index (χ3v) is 4.07. The van der Waals surface area contributed by atoms with Gasteiger partial charge in [0.25, 0.3) is 6.47 Å². The number of nitrogens with zero attached hydrogens (tertiary/aromatic N) is 4. The van der Waals surface area contributed by atoms with Gasteiger partial charge in [-0.3, -0.25) is 4.79 Å². The van der Waals surface area contributed by atoms with E-state index in [0.29, 0.717) is 13.2 Å². The van der Waals surface area contributed by atoms with Crippen LogP contribution in [0.2, 0.25) is 0 Å². The molecular weight excluding hydrogens is 316 g/mol. The fraction of sp³-hybridized carbons (Fsp3) is 0.467. The van der Waals surface area contributed by atoms with Gasteiger partial charge in [-0.1, -0.05) is 0 Å². The van der Waals surface area contributed by atoms with E-state index in [-0.39, 0.29) is 24.7 Å². The number of fused-ring (bicyclic) bond motifs is 1. The number of aromatic nitrogens is 4. The quantitative estimate of drug-likeness (QED) is 0.739. The smallest absolute Gasteiger partial charge is 0.290 e. The molecule has 0 aliphatic carbocycles. The summed E-state index contributed by atoms with van der Waals surface area (Å²) in [5.74, 6) is 1.51. The second-order valence-corrected chi connectivity index (χ2v) is 5.51. The average molecular weight is 334 g/mol. The van der Waals surface area contributed by atoms with Crippen molar-refractivity contribution in [2.75, 3.05) is 13.2 Å². The Kier molecular flexibility index (Phi) is 4.84. The van der Waals surface area contributed by atoms with Gasteiger partial charge in [0.1, 0.15) is 30.0 Å². The highest BCUT2D eigenvalue weighted by atomic mass is 16.6. The molecular formula is C15H18N4O5. The lowest BCUT2D eigenvalue weighted by molar-refractivity contribution is -0.122. The average Bonchev–Trinajstić information content (AvgIpc) is 3.27. The van der Waals surface area contributed by atoms with E-state index in [1.54, 1.807) is 18.6 Å². The number of carboxylic acid groups (broad SMARTS) is 1. The van der Waals surface area contributed by atoms with Crippen LogP contribution >= 0.6 is 0 Å². The molecule has 2 saturated heterocycles. The lowest BCUT2D eigenvalue weighted by Crippen LogP contribution is -2.30. The van der Waals surface area contributed by atoms with E-state index in [2.05, 4.69) is 15.0 Å². The zero-order valence-corrected chi connectivity index (χ0v) is 13.0. The third kappa shape index (κ3) is 3.01.